The third kappa shape index (κ3) is 5.10. The monoisotopic (exact) mass is 521 g/mol. The minimum Gasteiger partial charge on any atom is -0.351 e. The first-order chi connectivity index (χ1) is 16.8. The van der Waals surface area contributed by atoms with E-state index >= 15 is 0 Å². The molecule has 1 saturated heterocycles. The maximum atomic E-state index is 13.4. The van der Waals surface area contributed by atoms with Gasteiger partial charge in [-0.1, -0.05) is 73.2 Å². The molecule has 0 radical (unpaired) electrons. The lowest BCUT2D eigenvalue weighted by Crippen LogP contribution is -2.55. The fourth-order valence-corrected chi connectivity index (χ4v) is 8.26. The molecule has 1 fully saturated rings. The standard InChI is InChI=1S/C28H35N3O3SSi/c1-20-12-14-23(15-13-20)36(5,6)25-17-16-24(26(29-25)31-19-21(2)18-28(31,3)4)27(32)30-35(33,34)22-10-8-7-9-11-22/h7-17,21H,18-19H2,1-6H3,(H,30,32)/t21-/m0/s1. The van der Waals surface area contributed by atoms with E-state index in [-0.39, 0.29) is 16.0 Å². The summed E-state index contributed by atoms with van der Waals surface area (Å²) in [6.45, 7) is 13.8. The van der Waals surface area contributed by atoms with Gasteiger partial charge in [-0.05, 0) is 57.4 Å². The van der Waals surface area contributed by atoms with Crippen molar-refractivity contribution >= 4 is 40.3 Å². The number of pyridine rings is 1. The number of sulfonamides is 1. The van der Waals surface area contributed by atoms with Crippen LogP contribution in [0.25, 0.3) is 0 Å². The summed E-state index contributed by atoms with van der Waals surface area (Å²) in [6.07, 6.45) is 0.959. The number of carbonyl (C=O) groups is 1. The molecule has 190 valence electrons. The molecule has 4 rings (SSSR count). The molecule has 2 aromatic carbocycles. The number of aryl methyl sites for hydroxylation is 1. The van der Waals surface area contributed by atoms with E-state index in [0.717, 1.165) is 18.3 Å². The van der Waals surface area contributed by atoms with Crippen LogP contribution < -0.4 is 20.1 Å². The number of aromatic nitrogens is 1. The van der Waals surface area contributed by atoms with Gasteiger partial charge in [-0.2, -0.15) is 0 Å². The van der Waals surface area contributed by atoms with Gasteiger partial charge in [0.1, 0.15) is 13.9 Å². The van der Waals surface area contributed by atoms with Gasteiger partial charge in [0.15, 0.2) is 0 Å². The predicted octanol–water partition coefficient (Wildman–Crippen LogP) is 3.96. The molecule has 8 heteroatoms. The highest BCUT2D eigenvalue weighted by Crippen LogP contribution is 2.37. The number of amides is 1. The molecule has 1 atom stereocenters. The van der Waals surface area contributed by atoms with Crippen molar-refractivity contribution in [1.29, 1.82) is 0 Å². The first kappa shape index (κ1) is 26.1. The molecular weight excluding hydrogens is 486 g/mol. The van der Waals surface area contributed by atoms with Crippen LogP contribution in [0.3, 0.4) is 0 Å². The summed E-state index contributed by atoms with van der Waals surface area (Å²) in [7, 11) is -6.18. The van der Waals surface area contributed by atoms with Crippen LogP contribution in [-0.2, 0) is 10.0 Å². The third-order valence-corrected chi connectivity index (χ3v) is 11.8. The number of rotatable bonds is 6. The van der Waals surface area contributed by atoms with Crippen molar-refractivity contribution in [3.05, 3.63) is 77.9 Å². The molecule has 0 unspecified atom stereocenters. The van der Waals surface area contributed by atoms with Crippen molar-refractivity contribution in [2.45, 2.75) is 57.6 Å². The van der Waals surface area contributed by atoms with Crippen LogP contribution in [0.5, 0.6) is 0 Å². The first-order valence-electron chi connectivity index (χ1n) is 12.3. The Labute approximate surface area is 215 Å². The number of hydrogen-bond donors (Lipinski definition) is 1. The van der Waals surface area contributed by atoms with E-state index in [1.165, 1.54) is 22.9 Å². The Kier molecular flexibility index (Phi) is 6.87. The topological polar surface area (TPSA) is 79.4 Å². The van der Waals surface area contributed by atoms with Gasteiger partial charge < -0.3 is 4.90 Å². The molecule has 3 aromatic rings. The zero-order chi connectivity index (χ0) is 26.3. The van der Waals surface area contributed by atoms with Crippen molar-refractivity contribution in [3.63, 3.8) is 0 Å². The number of hydrogen-bond acceptors (Lipinski definition) is 5. The maximum absolute atomic E-state index is 13.4. The van der Waals surface area contributed by atoms with Crippen molar-refractivity contribution in [2.75, 3.05) is 11.4 Å². The van der Waals surface area contributed by atoms with Gasteiger partial charge in [0, 0.05) is 17.4 Å². The summed E-state index contributed by atoms with van der Waals surface area (Å²) in [5, 5.41) is 2.21. The summed E-state index contributed by atoms with van der Waals surface area (Å²) < 4.78 is 28.1. The Morgan fingerprint density at radius 1 is 1.03 bits per heavy atom. The van der Waals surface area contributed by atoms with E-state index in [4.69, 9.17) is 4.98 Å². The number of carbonyl (C=O) groups excluding carboxylic acids is 1. The van der Waals surface area contributed by atoms with Gasteiger partial charge in [-0.3, -0.25) is 4.79 Å². The van der Waals surface area contributed by atoms with Crippen LogP contribution in [0.15, 0.2) is 71.6 Å². The van der Waals surface area contributed by atoms with E-state index in [1.807, 2.05) is 6.07 Å². The summed E-state index contributed by atoms with van der Waals surface area (Å²) in [6, 6.07) is 20.1. The largest absolute Gasteiger partial charge is 0.351 e. The zero-order valence-corrected chi connectivity index (χ0v) is 23.7. The summed E-state index contributed by atoms with van der Waals surface area (Å²) >= 11 is 0. The molecule has 1 aliphatic heterocycles. The van der Waals surface area contributed by atoms with Gasteiger partial charge in [-0.25, -0.2) is 18.1 Å². The van der Waals surface area contributed by atoms with Crippen LogP contribution in [-0.4, -0.2) is 39.5 Å². The highest BCUT2D eigenvalue weighted by atomic mass is 32.2. The quantitative estimate of drug-likeness (QED) is 0.497. The second kappa shape index (κ2) is 9.48. The van der Waals surface area contributed by atoms with Crippen LogP contribution in [0.1, 0.15) is 43.1 Å². The average molecular weight is 522 g/mol. The van der Waals surface area contributed by atoms with Crippen molar-refractivity contribution in [2.24, 2.45) is 5.92 Å². The van der Waals surface area contributed by atoms with Crippen LogP contribution in [0.2, 0.25) is 13.1 Å². The minimum atomic E-state index is -4.01. The number of nitrogens with one attached hydrogen (secondary N) is 1. The van der Waals surface area contributed by atoms with Gasteiger partial charge in [0.2, 0.25) is 0 Å². The second-order valence-electron chi connectivity index (χ2n) is 11.0. The molecule has 2 heterocycles. The van der Waals surface area contributed by atoms with Crippen molar-refractivity contribution in [1.82, 2.24) is 9.71 Å². The Bertz CT molecular complexity index is 1370. The second-order valence-corrected chi connectivity index (χ2v) is 17.1. The van der Waals surface area contributed by atoms with E-state index in [1.54, 1.807) is 24.3 Å². The fraction of sp³-hybridized carbons (Fsp3) is 0.357. The van der Waals surface area contributed by atoms with Crippen LogP contribution >= 0.6 is 0 Å². The van der Waals surface area contributed by atoms with E-state index < -0.39 is 24.0 Å². The zero-order valence-electron chi connectivity index (χ0n) is 21.9. The molecule has 0 bridgehead atoms. The molecule has 6 nitrogen and oxygen atoms in total. The molecular formula is C28H35N3O3SSi. The van der Waals surface area contributed by atoms with Crippen molar-refractivity contribution < 1.29 is 13.2 Å². The molecule has 1 amide bonds. The van der Waals surface area contributed by atoms with Crippen molar-refractivity contribution in [3.8, 4) is 0 Å². The number of anilines is 1. The molecule has 0 spiro atoms. The Hall–Kier alpha value is -2.97. The Balaban J connectivity index is 1.79. The lowest BCUT2D eigenvalue weighted by atomic mass is 9.97. The van der Waals surface area contributed by atoms with E-state index in [2.05, 4.69) is 74.7 Å². The lowest BCUT2D eigenvalue weighted by Gasteiger charge is -2.35. The average Bonchev–Trinajstić information content (AvgIpc) is 3.10. The summed E-state index contributed by atoms with van der Waals surface area (Å²) in [5.41, 5.74) is 1.26. The normalized spacial score (nSPS) is 17.7. The first-order valence-corrected chi connectivity index (χ1v) is 16.8. The molecule has 0 saturated carbocycles. The van der Waals surface area contributed by atoms with Gasteiger partial charge in [0.25, 0.3) is 15.9 Å². The minimum absolute atomic E-state index is 0.0486. The molecule has 1 aromatic heterocycles. The highest BCUT2D eigenvalue weighted by Gasteiger charge is 2.40. The Morgan fingerprint density at radius 2 is 1.67 bits per heavy atom. The van der Waals surface area contributed by atoms with Gasteiger partial charge >= 0.3 is 0 Å². The van der Waals surface area contributed by atoms with Crippen LogP contribution in [0, 0.1) is 12.8 Å². The smallest absolute Gasteiger partial charge is 0.268 e. The lowest BCUT2D eigenvalue weighted by molar-refractivity contribution is 0.0981. The summed E-state index contributed by atoms with van der Waals surface area (Å²) in [5.74, 6) is 0.310. The number of nitrogens with zero attached hydrogens (tertiary/aromatic N) is 2. The summed E-state index contributed by atoms with van der Waals surface area (Å²) in [4.78, 5) is 20.8. The molecule has 36 heavy (non-hydrogen) atoms. The third-order valence-electron chi connectivity index (χ3n) is 7.14. The molecule has 1 N–H and O–H groups in total. The van der Waals surface area contributed by atoms with Gasteiger partial charge in [0.05, 0.1) is 10.5 Å². The van der Waals surface area contributed by atoms with Crippen LogP contribution in [0.4, 0.5) is 5.82 Å². The van der Waals surface area contributed by atoms with E-state index in [0.29, 0.717) is 11.7 Å². The molecule has 0 aliphatic carbocycles. The predicted molar refractivity (Wildman–Crippen MR) is 148 cm³/mol. The SMILES string of the molecule is Cc1ccc([Si](C)(C)c2ccc(C(=O)NS(=O)(=O)c3ccccc3)c(N3C[C@@H](C)CC3(C)C)n2)cc1. The fourth-order valence-electron chi connectivity index (χ4n) is 5.09. The Morgan fingerprint density at radius 3 is 2.25 bits per heavy atom. The van der Waals surface area contributed by atoms with E-state index in [9.17, 15) is 13.2 Å². The molecule has 1 aliphatic rings. The highest BCUT2D eigenvalue weighted by molar-refractivity contribution is 7.90. The van der Waals surface area contributed by atoms with Gasteiger partial charge in [-0.15, -0.1) is 0 Å². The number of benzene rings is 2. The maximum Gasteiger partial charge on any atom is 0.268 e.